The largest absolute Gasteiger partial charge is 0.416 e. The summed E-state index contributed by atoms with van der Waals surface area (Å²) in [5, 5.41) is 10.8. The van der Waals surface area contributed by atoms with Crippen LogP contribution in [0.15, 0.2) is 102 Å². The molecule has 0 bridgehead atoms. The van der Waals surface area contributed by atoms with Gasteiger partial charge in [0, 0.05) is 71.5 Å². The molecule has 1 N–H and O–H groups in total. The van der Waals surface area contributed by atoms with Crippen LogP contribution in [0.5, 0.6) is 0 Å². The van der Waals surface area contributed by atoms with Crippen LogP contribution in [-0.2, 0) is 21.4 Å². The number of aliphatic hydroxyl groups is 1. The van der Waals surface area contributed by atoms with Crippen molar-refractivity contribution in [3.05, 3.63) is 136 Å². The number of ether oxygens (including phenoxy) is 1. The fraction of sp³-hybridized carbons (Fsp3) is 0.341. The SMILES string of the molecule is [2H]C([2H])([2H])OCC([2H])([2H])N1C([2H])([2H])C([2H])([2H])C([2H])(N(C(=O)CN2C(SC([2H])([2H])c3cccc(F)c3F)=CC(O)c3ccccc32)C([2H])(C)c2ccc(-c3ccc(C(F)(F)F)cc3)cc2)C([2H])([2H])C1([2H])[2H]. The molecule has 0 saturated carbocycles. The number of fused-ring (bicyclic) bond motifs is 1. The van der Waals surface area contributed by atoms with Crippen molar-refractivity contribution >= 4 is 23.4 Å². The number of hydrogen-bond donors (Lipinski definition) is 1. The second-order valence-corrected chi connectivity index (χ2v) is 12.3. The van der Waals surface area contributed by atoms with Crippen molar-refractivity contribution in [1.82, 2.24) is 9.80 Å². The molecule has 1 saturated heterocycles. The van der Waals surface area contributed by atoms with Gasteiger partial charge in [0.05, 0.1) is 30.1 Å². The van der Waals surface area contributed by atoms with Crippen LogP contribution in [0.25, 0.3) is 11.1 Å². The van der Waals surface area contributed by atoms with E-state index in [0.717, 1.165) is 72.5 Å². The lowest BCUT2D eigenvalue weighted by atomic mass is 9.96. The van der Waals surface area contributed by atoms with E-state index in [1.807, 2.05) is 0 Å². The summed E-state index contributed by atoms with van der Waals surface area (Å²) in [5.74, 6) is -4.72. The Balaban J connectivity index is 1.56. The number of carbonyl (C=O) groups is 1. The monoisotopic (exact) mass is 768 g/mol. The number of likely N-dealkylation sites (tertiary alicyclic amines) is 1. The number of amides is 1. The van der Waals surface area contributed by atoms with Gasteiger partial charge in [0.2, 0.25) is 5.91 Å². The lowest BCUT2D eigenvalue weighted by molar-refractivity contribution is -0.137. The molecule has 0 radical (unpaired) electrons. The number of hydrogen-bond acceptors (Lipinski definition) is 6. The summed E-state index contributed by atoms with van der Waals surface area (Å²) in [6, 6.07) is 9.27. The van der Waals surface area contributed by atoms with Crippen molar-refractivity contribution in [2.45, 2.75) is 49.7 Å². The van der Waals surface area contributed by atoms with E-state index >= 15 is 9.18 Å². The number of nitrogens with zero attached hydrogens (tertiary/aromatic N) is 3. The molecule has 2 aliphatic heterocycles. The van der Waals surface area contributed by atoms with E-state index in [9.17, 15) is 30.9 Å². The van der Waals surface area contributed by atoms with Gasteiger partial charge in [-0.2, -0.15) is 13.2 Å². The van der Waals surface area contributed by atoms with Gasteiger partial charge in [-0.05, 0) is 66.7 Å². The quantitative estimate of drug-likeness (QED) is 0.145. The van der Waals surface area contributed by atoms with Gasteiger partial charge in [0.1, 0.15) is 12.6 Å². The highest BCUT2D eigenvalue weighted by atomic mass is 32.2. The van der Waals surface area contributed by atoms with E-state index in [4.69, 9.17) is 15.1 Å². The summed E-state index contributed by atoms with van der Waals surface area (Å²) in [7, 11) is -3.39. The van der Waals surface area contributed by atoms with E-state index in [1.165, 1.54) is 36.4 Å². The molecule has 2 unspecified atom stereocenters. The normalized spacial score (nSPS) is 27.8. The zero-order valence-electron chi connectivity index (χ0n) is 44.6. The number of piperidine rings is 1. The van der Waals surface area contributed by atoms with Crippen LogP contribution in [0.2, 0.25) is 0 Å². The summed E-state index contributed by atoms with van der Waals surface area (Å²) >= 11 is 0.135. The number of benzene rings is 4. The zero-order chi connectivity index (χ0) is 52.8. The third-order valence-electron chi connectivity index (χ3n) is 8.15. The zero-order valence-corrected chi connectivity index (χ0v) is 28.4. The fourth-order valence-corrected chi connectivity index (χ4v) is 6.34. The van der Waals surface area contributed by atoms with Gasteiger partial charge in [0.25, 0.3) is 0 Å². The average molecular weight is 769 g/mol. The van der Waals surface area contributed by atoms with Gasteiger partial charge in [-0.1, -0.05) is 66.7 Å². The smallest absolute Gasteiger partial charge is 0.384 e. The highest BCUT2D eigenvalue weighted by Crippen LogP contribution is 2.41. The first-order valence-electron chi connectivity index (χ1n) is 24.2. The lowest BCUT2D eigenvalue weighted by Gasteiger charge is -2.43. The molecule has 2 aliphatic rings. The molecular formula is C41H42F5N3O3S. The molecule has 1 fully saturated rings. The predicted molar refractivity (Wildman–Crippen MR) is 198 cm³/mol. The van der Waals surface area contributed by atoms with Crippen molar-refractivity contribution in [2.75, 3.05) is 44.6 Å². The van der Waals surface area contributed by atoms with Crippen LogP contribution in [0.4, 0.5) is 27.6 Å². The second-order valence-electron chi connectivity index (χ2n) is 11.5. The summed E-state index contributed by atoms with van der Waals surface area (Å²) in [6.45, 7) is -14.5. The van der Waals surface area contributed by atoms with Crippen molar-refractivity contribution in [3.8, 4) is 11.1 Å². The van der Waals surface area contributed by atoms with Crippen LogP contribution in [0.1, 0.15) is 77.3 Å². The van der Waals surface area contributed by atoms with E-state index in [-0.39, 0.29) is 39.0 Å². The molecule has 53 heavy (non-hydrogen) atoms. The van der Waals surface area contributed by atoms with Crippen LogP contribution in [-0.4, -0.2) is 66.5 Å². The van der Waals surface area contributed by atoms with Gasteiger partial charge < -0.3 is 24.5 Å². The molecule has 4 aromatic carbocycles. The van der Waals surface area contributed by atoms with Crippen LogP contribution in [0.3, 0.4) is 0 Å². The summed E-state index contributed by atoms with van der Waals surface area (Å²) < 4.78 is 224. The van der Waals surface area contributed by atoms with E-state index in [2.05, 4.69) is 4.74 Å². The third-order valence-corrected chi connectivity index (χ3v) is 9.03. The van der Waals surface area contributed by atoms with Crippen molar-refractivity contribution in [2.24, 2.45) is 0 Å². The molecular weight excluding hydrogens is 710 g/mol. The van der Waals surface area contributed by atoms with Crippen molar-refractivity contribution in [1.29, 1.82) is 0 Å². The van der Waals surface area contributed by atoms with E-state index in [1.54, 1.807) is 0 Å². The Labute approximate surface area is 334 Å². The third kappa shape index (κ3) is 8.95. The topological polar surface area (TPSA) is 56.2 Å². The Morgan fingerprint density at radius 3 is 2.42 bits per heavy atom. The van der Waals surface area contributed by atoms with Crippen LogP contribution in [0, 0.1) is 11.6 Å². The standard InChI is InChI=1S/C41H42F5N3O3S/c1-27(28-10-12-29(13-11-28)30-14-16-32(17-15-30)41(44,45)46)49(33-18-20-47(21-19-33)22-23-52-2)38(51)25-48-36-9-4-3-7-34(36)37(50)24-39(48)53-26-31-6-5-8-35(42)40(31)43/h3-17,24,27,33,37,50H,18-23,25-26H2,1-2H3/i2D3,18D2,19D2,20D2,21D2,22D2,26D2,27D,33D. The highest BCUT2D eigenvalue weighted by molar-refractivity contribution is 8.02. The molecule has 280 valence electrons. The van der Waals surface area contributed by atoms with Gasteiger partial charge in [-0.15, -0.1) is 11.8 Å². The van der Waals surface area contributed by atoms with Gasteiger partial charge in [0.15, 0.2) is 11.6 Å². The summed E-state index contributed by atoms with van der Waals surface area (Å²) in [6.07, 6.45) is -14.0. The fourth-order valence-electron chi connectivity index (χ4n) is 5.49. The molecule has 0 spiro atoms. The number of halogens is 5. The maximum Gasteiger partial charge on any atom is 0.416 e. The van der Waals surface area contributed by atoms with Gasteiger partial charge in [-0.25, -0.2) is 8.78 Å². The molecule has 6 rings (SSSR count). The molecule has 0 aliphatic carbocycles. The predicted octanol–water partition coefficient (Wildman–Crippen LogP) is 8.98. The number of rotatable bonds is 12. The first-order valence-corrected chi connectivity index (χ1v) is 16.6. The second kappa shape index (κ2) is 16.8. The maximum atomic E-state index is 15.5. The minimum absolute atomic E-state index is 0.0323. The Morgan fingerprint density at radius 2 is 1.74 bits per heavy atom. The lowest BCUT2D eigenvalue weighted by Crippen LogP contribution is -2.51. The van der Waals surface area contributed by atoms with Crippen molar-refractivity contribution in [3.63, 3.8) is 0 Å². The summed E-state index contributed by atoms with van der Waals surface area (Å²) in [5.41, 5.74) is -4.81. The number of carbonyl (C=O) groups excluding carboxylic acids is 1. The molecule has 2 atom stereocenters. The molecule has 12 heteroatoms. The van der Waals surface area contributed by atoms with Gasteiger partial charge in [-0.3, -0.25) is 4.79 Å². The number of methoxy groups -OCH3 is 1. The first-order chi connectivity index (χ1) is 31.8. The van der Waals surface area contributed by atoms with Crippen molar-refractivity contribution < 1.29 is 59.9 Å². The summed E-state index contributed by atoms with van der Waals surface area (Å²) in [4.78, 5) is 15.7. The number of alkyl halides is 3. The number of thioether (sulfide) groups is 1. The molecule has 6 nitrogen and oxygen atoms in total. The number of aliphatic hydroxyl groups excluding tert-OH is 1. The van der Waals surface area contributed by atoms with Crippen LogP contribution < -0.4 is 4.90 Å². The minimum atomic E-state index is -4.68. The van der Waals surface area contributed by atoms with E-state index < -0.39 is 127 Å². The maximum absolute atomic E-state index is 15.5. The van der Waals surface area contributed by atoms with Gasteiger partial charge >= 0.3 is 6.18 Å². The molecule has 2 heterocycles. The Bertz CT molecular complexity index is 2630. The molecule has 4 aromatic rings. The molecule has 0 aromatic heterocycles. The Morgan fingerprint density at radius 1 is 1.06 bits per heavy atom. The first kappa shape index (κ1) is 22.2. The molecule has 1 amide bonds. The Kier molecular flexibility index (Phi) is 7.06. The highest BCUT2D eigenvalue weighted by Gasteiger charge is 2.35. The minimum Gasteiger partial charge on any atom is -0.384 e. The van der Waals surface area contributed by atoms with Crippen LogP contribution >= 0.6 is 11.8 Å². The van der Waals surface area contributed by atoms with E-state index in [0.29, 0.717) is 0 Å². The number of anilines is 1. The number of para-hydroxylation sites is 1. The average Bonchev–Trinajstić information content (AvgIpc) is 3.23. The Hall–Kier alpha value is -4.23.